The minimum atomic E-state index is -0.701. The second-order valence-electron chi connectivity index (χ2n) is 5.66. The molecule has 0 radical (unpaired) electrons. The molecular weight excluding hydrogens is 419 g/mol. The number of carbonyl (C=O) groups excluding carboxylic acids is 2. The molecule has 0 unspecified atom stereocenters. The summed E-state index contributed by atoms with van der Waals surface area (Å²) in [5.41, 5.74) is 0.212. The lowest BCUT2D eigenvalue weighted by molar-refractivity contribution is -0.116. The van der Waals surface area contributed by atoms with Gasteiger partial charge in [-0.2, -0.15) is 0 Å². The first-order valence-electron chi connectivity index (χ1n) is 7.85. The van der Waals surface area contributed by atoms with E-state index in [0.29, 0.717) is 10.9 Å². The first kappa shape index (κ1) is 18.7. The van der Waals surface area contributed by atoms with E-state index in [-0.39, 0.29) is 23.4 Å². The Morgan fingerprint density at radius 3 is 2.74 bits per heavy atom. The molecule has 0 saturated heterocycles. The van der Waals surface area contributed by atoms with E-state index >= 15 is 0 Å². The lowest BCUT2D eigenvalue weighted by atomic mass is 10.1. The second kappa shape index (κ2) is 7.67. The van der Waals surface area contributed by atoms with E-state index < -0.39 is 17.6 Å². The Kier molecular flexibility index (Phi) is 5.31. The summed E-state index contributed by atoms with van der Waals surface area (Å²) in [4.78, 5) is 40.6. The number of fused-ring (bicyclic) bond motifs is 1. The average molecular weight is 433 g/mol. The van der Waals surface area contributed by atoms with Gasteiger partial charge in [0.15, 0.2) is 0 Å². The topological polar surface area (TPSA) is 93.1 Å². The maximum atomic E-state index is 13.7. The van der Waals surface area contributed by atoms with Gasteiger partial charge in [0, 0.05) is 17.2 Å². The molecule has 0 aliphatic rings. The van der Waals surface area contributed by atoms with Gasteiger partial charge in [-0.05, 0) is 36.4 Å². The number of nitrogens with zero attached hydrogens (tertiary/aromatic N) is 2. The minimum Gasteiger partial charge on any atom is -0.355 e. The Bertz CT molecular complexity index is 1110. The van der Waals surface area contributed by atoms with Crippen molar-refractivity contribution >= 4 is 44.3 Å². The van der Waals surface area contributed by atoms with Crippen LogP contribution in [0.15, 0.2) is 52.0 Å². The molecule has 2 aromatic carbocycles. The highest BCUT2D eigenvalue weighted by molar-refractivity contribution is 9.10. The molecular formula is C18H14BrFN4O3. The van der Waals surface area contributed by atoms with E-state index in [2.05, 4.69) is 31.5 Å². The minimum absolute atomic E-state index is 0.190. The van der Waals surface area contributed by atoms with E-state index in [1.54, 1.807) is 18.2 Å². The van der Waals surface area contributed by atoms with E-state index in [1.807, 2.05) is 0 Å². The fraction of sp³-hybridized carbons (Fsp3) is 0.111. The monoisotopic (exact) mass is 432 g/mol. The van der Waals surface area contributed by atoms with Crippen LogP contribution < -0.4 is 16.2 Å². The van der Waals surface area contributed by atoms with Crippen LogP contribution in [0.25, 0.3) is 10.9 Å². The van der Waals surface area contributed by atoms with Crippen LogP contribution in [0.3, 0.4) is 0 Å². The van der Waals surface area contributed by atoms with Crippen molar-refractivity contribution < 1.29 is 14.0 Å². The van der Waals surface area contributed by atoms with Gasteiger partial charge in [0.1, 0.15) is 12.4 Å². The van der Waals surface area contributed by atoms with Crippen molar-refractivity contribution in [3.8, 4) is 0 Å². The third-order valence-electron chi connectivity index (χ3n) is 3.82. The Morgan fingerprint density at radius 2 is 2.00 bits per heavy atom. The summed E-state index contributed by atoms with van der Waals surface area (Å²) < 4.78 is 15.6. The van der Waals surface area contributed by atoms with Gasteiger partial charge in [-0.15, -0.1) is 0 Å². The highest BCUT2D eigenvalue weighted by atomic mass is 79.9. The van der Waals surface area contributed by atoms with Gasteiger partial charge in [0.25, 0.3) is 11.5 Å². The molecule has 1 aromatic heterocycles. The Labute approximate surface area is 161 Å². The quantitative estimate of drug-likeness (QED) is 0.661. The third kappa shape index (κ3) is 4.03. The zero-order chi connectivity index (χ0) is 19.6. The normalized spacial score (nSPS) is 10.6. The van der Waals surface area contributed by atoms with E-state index in [4.69, 9.17) is 0 Å². The summed E-state index contributed by atoms with van der Waals surface area (Å²) in [6.45, 7) is -0.277. The number of amides is 2. The maximum absolute atomic E-state index is 13.7. The molecule has 138 valence electrons. The molecule has 9 heteroatoms. The number of hydrogen-bond acceptors (Lipinski definition) is 4. The van der Waals surface area contributed by atoms with Crippen LogP contribution in [-0.2, 0) is 11.3 Å². The molecule has 3 aromatic rings. The molecule has 7 nitrogen and oxygen atoms in total. The van der Waals surface area contributed by atoms with Gasteiger partial charge in [0.05, 0.1) is 22.8 Å². The van der Waals surface area contributed by atoms with Crippen molar-refractivity contribution in [2.75, 3.05) is 12.4 Å². The zero-order valence-electron chi connectivity index (χ0n) is 14.1. The molecule has 0 aliphatic carbocycles. The molecule has 0 atom stereocenters. The molecule has 3 rings (SSSR count). The van der Waals surface area contributed by atoms with Crippen molar-refractivity contribution in [2.24, 2.45) is 0 Å². The molecule has 0 bridgehead atoms. The molecule has 2 N–H and O–H groups in total. The van der Waals surface area contributed by atoms with E-state index in [0.717, 1.165) is 10.5 Å². The van der Waals surface area contributed by atoms with Gasteiger partial charge >= 0.3 is 0 Å². The lowest BCUT2D eigenvalue weighted by Gasteiger charge is -2.10. The van der Waals surface area contributed by atoms with Crippen molar-refractivity contribution in [1.82, 2.24) is 14.9 Å². The SMILES string of the molecule is CNC(=O)c1cc(NC(=O)Cn2cnc3ccc(Br)cc3c2=O)ccc1F. The van der Waals surface area contributed by atoms with Crippen molar-refractivity contribution in [2.45, 2.75) is 6.54 Å². The molecule has 0 spiro atoms. The summed E-state index contributed by atoms with van der Waals surface area (Å²) in [6.07, 6.45) is 1.29. The number of nitrogens with one attached hydrogen (secondary N) is 2. The number of anilines is 1. The molecule has 2 amide bonds. The Balaban J connectivity index is 1.82. The largest absolute Gasteiger partial charge is 0.355 e. The fourth-order valence-electron chi connectivity index (χ4n) is 2.51. The van der Waals surface area contributed by atoms with Crippen LogP contribution >= 0.6 is 15.9 Å². The van der Waals surface area contributed by atoms with Gasteiger partial charge in [-0.1, -0.05) is 15.9 Å². The fourth-order valence-corrected chi connectivity index (χ4v) is 2.87. The second-order valence-corrected chi connectivity index (χ2v) is 6.58. The van der Waals surface area contributed by atoms with Crippen LogP contribution in [0.5, 0.6) is 0 Å². The van der Waals surface area contributed by atoms with E-state index in [9.17, 15) is 18.8 Å². The van der Waals surface area contributed by atoms with Crippen LogP contribution in [0.4, 0.5) is 10.1 Å². The Hall–Kier alpha value is -3.07. The number of benzene rings is 2. The molecule has 0 fully saturated rings. The predicted octanol–water partition coefficient (Wildman–Crippen LogP) is 2.30. The van der Waals surface area contributed by atoms with Crippen molar-refractivity contribution in [3.63, 3.8) is 0 Å². The Morgan fingerprint density at radius 1 is 1.22 bits per heavy atom. The van der Waals surface area contributed by atoms with Crippen molar-refractivity contribution in [3.05, 3.63) is 68.9 Å². The van der Waals surface area contributed by atoms with Crippen LogP contribution in [0, 0.1) is 5.82 Å². The highest BCUT2D eigenvalue weighted by Gasteiger charge is 2.13. The maximum Gasteiger partial charge on any atom is 0.261 e. The lowest BCUT2D eigenvalue weighted by Crippen LogP contribution is -2.28. The number of rotatable bonds is 4. The van der Waals surface area contributed by atoms with Crippen LogP contribution in [0.1, 0.15) is 10.4 Å². The first-order valence-corrected chi connectivity index (χ1v) is 8.64. The van der Waals surface area contributed by atoms with Crippen molar-refractivity contribution in [1.29, 1.82) is 0 Å². The number of halogens is 2. The first-order chi connectivity index (χ1) is 12.9. The van der Waals surface area contributed by atoms with Gasteiger partial charge < -0.3 is 10.6 Å². The third-order valence-corrected chi connectivity index (χ3v) is 4.32. The molecule has 27 heavy (non-hydrogen) atoms. The zero-order valence-corrected chi connectivity index (χ0v) is 15.7. The van der Waals surface area contributed by atoms with Crippen LogP contribution in [0.2, 0.25) is 0 Å². The van der Waals surface area contributed by atoms with Crippen LogP contribution in [-0.4, -0.2) is 28.4 Å². The van der Waals surface area contributed by atoms with Gasteiger partial charge in [-0.3, -0.25) is 19.0 Å². The number of carbonyl (C=O) groups is 2. The predicted molar refractivity (Wildman–Crippen MR) is 102 cm³/mol. The smallest absolute Gasteiger partial charge is 0.261 e. The van der Waals surface area contributed by atoms with Gasteiger partial charge in [0.2, 0.25) is 5.91 Å². The average Bonchev–Trinajstić information content (AvgIpc) is 2.65. The standard InChI is InChI=1S/C18H14BrFN4O3/c1-21-17(26)12-7-11(3-4-14(12)20)23-16(25)8-24-9-22-15-5-2-10(19)6-13(15)18(24)27/h2-7,9H,8H2,1H3,(H,21,26)(H,23,25). The molecule has 1 heterocycles. The number of hydrogen-bond donors (Lipinski definition) is 2. The summed E-state index contributed by atoms with van der Waals surface area (Å²) in [6, 6.07) is 8.74. The summed E-state index contributed by atoms with van der Waals surface area (Å²) >= 11 is 3.30. The summed E-state index contributed by atoms with van der Waals surface area (Å²) in [5.74, 6) is -1.82. The van der Waals surface area contributed by atoms with Gasteiger partial charge in [-0.25, -0.2) is 9.37 Å². The summed E-state index contributed by atoms with van der Waals surface area (Å²) in [7, 11) is 1.38. The highest BCUT2D eigenvalue weighted by Crippen LogP contribution is 2.16. The number of aromatic nitrogens is 2. The molecule has 0 aliphatic heterocycles. The van der Waals surface area contributed by atoms with E-state index in [1.165, 1.54) is 30.1 Å². The molecule has 0 saturated carbocycles. The summed E-state index contributed by atoms with van der Waals surface area (Å²) in [5, 5.41) is 5.24.